The zero-order chi connectivity index (χ0) is 19.9. The molecule has 2 rings (SSSR count). The molecule has 0 amide bonds. The third kappa shape index (κ3) is 3.65. The smallest absolute Gasteiger partial charge is 0.383 e. The van der Waals surface area contributed by atoms with Crippen LogP contribution in [0.1, 0.15) is 18.9 Å². The Morgan fingerprint density at radius 2 is 1.73 bits per heavy atom. The van der Waals surface area contributed by atoms with Gasteiger partial charge in [-0.25, -0.2) is 5.01 Å². The van der Waals surface area contributed by atoms with Crippen molar-refractivity contribution in [3.8, 4) is 0 Å². The van der Waals surface area contributed by atoms with Gasteiger partial charge in [-0.1, -0.05) is 22.6 Å². The first-order valence-corrected chi connectivity index (χ1v) is 8.89. The molecule has 0 radical (unpaired) electrons. The Balaban J connectivity index is 2.43. The van der Waals surface area contributed by atoms with Crippen molar-refractivity contribution in [1.82, 2.24) is 0 Å². The predicted octanol–water partition coefficient (Wildman–Crippen LogP) is 3.95. The van der Waals surface area contributed by atoms with E-state index in [1.807, 2.05) is 22.6 Å². The zero-order valence-electron chi connectivity index (χ0n) is 13.3. The Morgan fingerprint density at radius 3 is 2.15 bits per heavy atom. The Morgan fingerprint density at radius 1 is 1.19 bits per heavy atom. The van der Waals surface area contributed by atoms with E-state index in [1.165, 1.54) is 6.92 Å². The van der Waals surface area contributed by atoms with Crippen LogP contribution in [0.5, 0.6) is 0 Å². The van der Waals surface area contributed by atoms with Crippen LogP contribution in [0.4, 0.5) is 32.0 Å². The molecule has 1 aromatic rings. The molecule has 1 aliphatic heterocycles. The second kappa shape index (κ2) is 7.15. The van der Waals surface area contributed by atoms with Crippen molar-refractivity contribution in [2.24, 2.45) is 10.5 Å². The lowest BCUT2D eigenvalue weighted by atomic mass is 9.74. The zero-order valence-corrected chi connectivity index (χ0v) is 15.5. The summed E-state index contributed by atoms with van der Waals surface area (Å²) >= 11 is 1.82. The summed E-state index contributed by atoms with van der Waals surface area (Å²) in [5.41, 5.74) is -3.22. The summed E-state index contributed by atoms with van der Waals surface area (Å²) < 4.78 is 77.6. The average Bonchev–Trinajstić information content (AvgIpc) is 2.78. The van der Waals surface area contributed by atoms with Gasteiger partial charge in [0, 0.05) is 10.1 Å². The number of aliphatic hydroxyl groups excluding tert-OH is 2. The van der Waals surface area contributed by atoms with Crippen molar-refractivity contribution in [2.45, 2.75) is 38.0 Å². The fourth-order valence-corrected chi connectivity index (χ4v) is 3.84. The second-order valence-electron chi connectivity index (χ2n) is 5.87. The molecule has 3 atom stereocenters. The number of anilines is 1. The third-order valence-corrected chi connectivity index (χ3v) is 4.93. The first kappa shape index (κ1) is 21.2. The first-order valence-electron chi connectivity index (χ1n) is 7.36. The number of hydrogen-bond donors (Lipinski definition) is 2. The molecule has 0 fully saturated rings. The van der Waals surface area contributed by atoms with Crippen molar-refractivity contribution in [1.29, 1.82) is 0 Å². The number of benzene rings is 1. The maximum atomic E-state index is 13.2. The van der Waals surface area contributed by atoms with Crippen molar-refractivity contribution >= 4 is 34.0 Å². The molecule has 2 N–H and O–H groups in total. The van der Waals surface area contributed by atoms with Gasteiger partial charge in [-0.3, -0.25) is 0 Å². The van der Waals surface area contributed by atoms with Crippen LogP contribution in [0, 0.1) is 5.41 Å². The standard InChI is InChI=1S/C15H15F6IN2O2/c1-8-13(6-7-22,11(25)15(19,20)21)12(26)24(23-8)10-4-2-9(3-5-10)14(16,17)18/h2-5,11-12,25-26H,6-7H2,1H3. The Bertz CT molecular complexity index is 676. The Kier molecular flexibility index (Phi) is 5.84. The van der Waals surface area contributed by atoms with Gasteiger partial charge in [0.05, 0.1) is 16.7 Å². The van der Waals surface area contributed by atoms with Gasteiger partial charge < -0.3 is 10.2 Å². The van der Waals surface area contributed by atoms with Gasteiger partial charge in [-0.2, -0.15) is 31.4 Å². The van der Waals surface area contributed by atoms with Crippen molar-refractivity contribution in [3.05, 3.63) is 29.8 Å². The summed E-state index contributed by atoms with van der Waals surface area (Å²) in [6.45, 7) is 1.24. The van der Waals surface area contributed by atoms with Crippen LogP contribution in [0.2, 0.25) is 0 Å². The highest BCUT2D eigenvalue weighted by Crippen LogP contribution is 2.47. The number of halogens is 7. The van der Waals surface area contributed by atoms with Gasteiger partial charge in [0.15, 0.2) is 12.3 Å². The molecule has 1 aliphatic rings. The van der Waals surface area contributed by atoms with Gasteiger partial charge >= 0.3 is 12.4 Å². The number of nitrogens with zero attached hydrogens (tertiary/aromatic N) is 2. The van der Waals surface area contributed by atoms with Crippen molar-refractivity contribution in [2.75, 3.05) is 9.44 Å². The van der Waals surface area contributed by atoms with Gasteiger partial charge in [-0.15, -0.1) is 0 Å². The number of rotatable bonds is 4. The molecular formula is C15H15F6IN2O2. The highest BCUT2D eigenvalue weighted by molar-refractivity contribution is 14.1. The van der Waals surface area contributed by atoms with Crippen LogP contribution in [-0.2, 0) is 6.18 Å². The van der Waals surface area contributed by atoms with E-state index in [0.29, 0.717) is 0 Å². The van der Waals surface area contributed by atoms with Crippen LogP contribution < -0.4 is 5.01 Å². The van der Waals surface area contributed by atoms with E-state index >= 15 is 0 Å². The number of aliphatic hydroxyl groups is 2. The molecule has 0 saturated heterocycles. The highest BCUT2D eigenvalue weighted by atomic mass is 127. The highest BCUT2D eigenvalue weighted by Gasteiger charge is 2.61. The monoisotopic (exact) mass is 496 g/mol. The minimum atomic E-state index is -5.00. The molecule has 0 bridgehead atoms. The van der Waals surface area contributed by atoms with Gasteiger partial charge in [-0.05, 0) is 37.6 Å². The third-order valence-electron chi connectivity index (χ3n) is 4.39. The van der Waals surface area contributed by atoms with Gasteiger partial charge in [0.25, 0.3) is 0 Å². The van der Waals surface area contributed by atoms with E-state index in [1.54, 1.807) is 0 Å². The summed E-state index contributed by atoms with van der Waals surface area (Å²) in [6.07, 6.45) is -14.5. The number of alkyl halides is 7. The predicted molar refractivity (Wildman–Crippen MR) is 91.0 cm³/mol. The van der Waals surface area contributed by atoms with Crippen molar-refractivity contribution < 1.29 is 36.6 Å². The van der Waals surface area contributed by atoms with E-state index in [9.17, 15) is 36.6 Å². The molecule has 4 nitrogen and oxygen atoms in total. The van der Waals surface area contributed by atoms with Crippen LogP contribution in [0.25, 0.3) is 0 Å². The summed E-state index contributed by atoms with van der Waals surface area (Å²) in [5.74, 6) is 0. The minimum absolute atomic E-state index is 0.0189. The SMILES string of the molecule is CC1=NN(c2ccc(C(F)(F)F)cc2)C(O)C1(CCI)C(O)C(F)(F)F. The van der Waals surface area contributed by atoms with Gasteiger partial charge in [0.1, 0.15) is 0 Å². The van der Waals surface area contributed by atoms with E-state index in [-0.39, 0.29) is 22.2 Å². The molecule has 11 heteroatoms. The fraction of sp³-hybridized carbons (Fsp3) is 0.533. The number of hydrogen-bond acceptors (Lipinski definition) is 4. The quantitative estimate of drug-likeness (QED) is 0.377. The summed E-state index contributed by atoms with van der Waals surface area (Å²) in [5, 5.41) is 25.1. The lowest BCUT2D eigenvalue weighted by molar-refractivity contribution is -0.239. The molecule has 3 unspecified atom stereocenters. The molecule has 1 heterocycles. The second-order valence-corrected chi connectivity index (χ2v) is 6.95. The molecule has 1 aromatic carbocycles. The van der Waals surface area contributed by atoms with Crippen LogP contribution in [0.3, 0.4) is 0 Å². The van der Waals surface area contributed by atoms with E-state index < -0.39 is 35.7 Å². The van der Waals surface area contributed by atoms with Crippen molar-refractivity contribution in [3.63, 3.8) is 0 Å². The maximum absolute atomic E-state index is 13.2. The average molecular weight is 496 g/mol. The molecular weight excluding hydrogens is 481 g/mol. The first-order chi connectivity index (χ1) is 11.9. The van der Waals surface area contributed by atoms with E-state index in [4.69, 9.17) is 0 Å². The lowest BCUT2D eigenvalue weighted by Crippen LogP contribution is -2.56. The molecule has 0 aromatic heterocycles. The van der Waals surface area contributed by atoms with E-state index in [0.717, 1.165) is 29.3 Å². The molecule has 26 heavy (non-hydrogen) atoms. The molecule has 0 saturated carbocycles. The fourth-order valence-electron chi connectivity index (χ4n) is 2.95. The van der Waals surface area contributed by atoms with E-state index in [2.05, 4.69) is 5.10 Å². The van der Waals surface area contributed by atoms with Gasteiger partial charge in [0.2, 0.25) is 0 Å². The Labute approximate surface area is 158 Å². The summed E-state index contributed by atoms with van der Waals surface area (Å²) in [4.78, 5) is 0. The lowest BCUT2D eigenvalue weighted by Gasteiger charge is -2.39. The largest absolute Gasteiger partial charge is 0.416 e. The molecule has 146 valence electrons. The Hall–Kier alpha value is -1.08. The minimum Gasteiger partial charge on any atom is -0.383 e. The summed E-state index contributed by atoms with van der Waals surface area (Å²) in [7, 11) is 0. The normalized spacial score (nSPS) is 25.4. The number of hydrazone groups is 1. The molecule has 0 aliphatic carbocycles. The summed E-state index contributed by atoms with van der Waals surface area (Å²) in [6, 6.07) is 3.49. The maximum Gasteiger partial charge on any atom is 0.416 e. The van der Waals surface area contributed by atoms with Crippen LogP contribution in [-0.4, -0.2) is 38.9 Å². The van der Waals surface area contributed by atoms with Crippen LogP contribution >= 0.6 is 22.6 Å². The van der Waals surface area contributed by atoms with Crippen LogP contribution in [0.15, 0.2) is 29.4 Å². The molecule has 0 spiro atoms. The topological polar surface area (TPSA) is 56.1 Å².